The highest BCUT2D eigenvalue weighted by atomic mass is 19.2. The molecule has 2 aromatic rings. The van der Waals surface area contributed by atoms with E-state index in [1.54, 1.807) is 6.07 Å². The number of hydrogen-bond donors (Lipinski definition) is 0. The van der Waals surface area contributed by atoms with Gasteiger partial charge in [0.25, 0.3) is 0 Å². The highest BCUT2D eigenvalue weighted by molar-refractivity contribution is 5.75. The van der Waals surface area contributed by atoms with E-state index in [0.29, 0.717) is 0 Å². The number of rotatable bonds is 2. The minimum atomic E-state index is -2.17. The van der Waals surface area contributed by atoms with Crippen molar-refractivity contribution in [3.63, 3.8) is 0 Å². The van der Waals surface area contributed by atoms with Crippen molar-refractivity contribution in [3.05, 3.63) is 65.5 Å². The highest BCUT2D eigenvalue weighted by Crippen LogP contribution is 2.33. The van der Waals surface area contributed by atoms with Gasteiger partial charge in [-0.15, -0.1) is 0 Å². The lowest BCUT2D eigenvalue weighted by atomic mass is 9.98. The average Bonchev–Trinajstić information content (AvgIpc) is 2.44. The van der Waals surface area contributed by atoms with E-state index < -0.39 is 34.6 Å². The van der Waals surface area contributed by atoms with Crippen LogP contribution >= 0.6 is 0 Å². The van der Waals surface area contributed by atoms with E-state index in [-0.39, 0.29) is 11.1 Å². The van der Waals surface area contributed by atoms with Gasteiger partial charge in [-0.2, -0.15) is 0 Å². The van der Waals surface area contributed by atoms with Crippen molar-refractivity contribution in [1.82, 2.24) is 0 Å². The van der Waals surface area contributed by atoms with E-state index in [0.717, 1.165) is 0 Å². The molecule has 0 aliphatic heterocycles. The van der Waals surface area contributed by atoms with Gasteiger partial charge in [-0.1, -0.05) is 36.9 Å². The first kappa shape index (κ1) is 13.3. The van der Waals surface area contributed by atoms with Crippen molar-refractivity contribution in [2.24, 2.45) is 0 Å². The lowest BCUT2D eigenvalue weighted by Gasteiger charge is -2.10. The fourth-order valence-corrected chi connectivity index (χ4v) is 1.74. The third-order valence-corrected chi connectivity index (χ3v) is 2.66. The van der Waals surface area contributed by atoms with Gasteiger partial charge in [0, 0.05) is 0 Å². The Kier molecular flexibility index (Phi) is 3.38. The van der Waals surface area contributed by atoms with Crippen LogP contribution in [0.3, 0.4) is 0 Å². The maximum atomic E-state index is 13.6. The van der Waals surface area contributed by atoms with Crippen molar-refractivity contribution < 1.29 is 22.0 Å². The third kappa shape index (κ3) is 2.01. The second-order valence-electron chi connectivity index (χ2n) is 3.74. The molecular weight excluding hydrogens is 263 g/mol. The Morgan fingerprint density at radius 3 is 1.74 bits per heavy atom. The highest BCUT2D eigenvalue weighted by Gasteiger charge is 2.27. The molecular formula is C14H7F5. The molecule has 2 rings (SSSR count). The molecule has 0 atom stereocenters. The van der Waals surface area contributed by atoms with Crippen LogP contribution in [0.5, 0.6) is 0 Å². The quantitative estimate of drug-likeness (QED) is 0.422. The Balaban J connectivity index is 2.87. The van der Waals surface area contributed by atoms with Crippen LogP contribution in [0.2, 0.25) is 0 Å². The third-order valence-electron chi connectivity index (χ3n) is 2.66. The number of benzene rings is 2. The van der Waals surface area contributed by atoms with Crippen LogP contribution < -0.4 is 0 Å². The Labute approximate surface area is 105 Å². The molecule has 0 fully saturated rings. The van der Waals surface area contributed by atoms with E-state index in [2.05, 4.69) is 6.58 Å². The van der Waals surface area contributed by atoms with Gasteiger partial charge < -0.3 is 0 Å². The molecule has 5 heteroatoms. The Bertz CT molecular complexity index is 632. The molecule has 0 aliphatic rings. The van der Waals surface area contributed by atoms with Gasteiger partial charge in [0.1, 0.15) is 0 Å². The van der Waals surface area contributed by atoms with Crippen LogP contribution in [0.1, 0.15) is 5.56 Å². The molecule has 2 aromatic carbocycles. The molecule has 19 heavy (non-hydrogen) atoms. The van der Waals surface area contributed by atoms with Crippen molar-refractivity contribution >= 4 is 6.08 Å². The van der Waals surface area contributed by atoms with Crippen LogP contribution in [-0.2, 0) is 0 Å². The molecule has 0 aliphatic carbocycles. The predicted molar refractivity (Wildman–Crippen MR) is 61.8 cm³/mol. The summed E-state index contributed by atoms with van der Waals surface area (Å²) < 4.78 is 66.5. The summed E-state index contributed by atoms with van der Waals surface area (Å²) in [6.07, 6.45) is 1.27. The molecule has 0 unspecified atom stereocenters. The predicted octanol–water partition coefficient (Wildman–Crippen LogP) is 4.69. The number of halogens is 5. The molecule has 0 saturated heterocycles. The molecule has 0 heterocycles. The lowest BCUT2D eigenvalue weighted by molar-refractivity contribution is 0.381. The van der Waals surface area contributed by atoms with Crippen molar-refractivity contribution in [2.45, 2.75) is 0 Å². The van der Waals surface area contributed by atoms with Gasteiger partial charge in [-0.3, -0.25) is 0 Å². The molecule has 0 amide bonds. The van der Waals surface area contributed by atoms with Gasteiger partial charge >= 0.3 is 0 Å². The standard InChI is InChI=1S/C14H7F5/c1-2-7-5-3-4-6-8(7)9-10(15)12(17)14(19)13(18)11(9)16/h2-6H,1H2. The van der Waals surface area contributed by atoms with Crippen LogP contribution in [0.4, 0.5) is 22.0 Å². The Hall–Kier alpha value is -2.17. The molecule has 0 saturated carbocycles. The average molecular weight is 270 g/mol. The Morgan fingerprint density at radius 2 is 1.21 bits per heavy atom. The monoisotopic (exact) mass is 270 g/mol. The van der Waals surface area contributed by atoms with E-state index in [4.69, 9.17) is 0 Å². The van der Waals surface area contributed by atoms with Gasteiger partial charge in [0.15, 0.2) is 23.3 Å². The van der Waals surface area contributed by atoms with Crippen molar-refractivity contribution in [1.29, 1.82) is 0 Å². The largest absolute Gasteiger partial charge is 0.203 e. The second kappa shape index (κ2) is 4.84. The maximum Gasteiger partial charge on any atom is 0.200 e. The van der Waals surface area contributed by atoms with Gasteiger partial charge in [-0.05, 0) is 11.1 Å². The topological polar surface area (TPSA) is 0 Å². The minimum Gasteiger partial charge on any atom is -0.203 e. The lowest BCUT2D eigenvalue weighted by Crippen LogP contribution is -2.04. The summed E-state index contributed by atoms with van der Waals surface area (Å²) in [6, 6.07) is 5.71. The van der Waals surface area contributed by atoms with Crippen LogP contribution in [0.25, 0.3) is 17.2 Å². The summed E-state index contributed by atoms with van der Waals surface area (Å²) in [6.45, 7) is 3.43. The van der Waals surface area contributed by atoms with Gasteiger partial charge in [0.05, 0.1) is 5.56 Å². The van der Waals surface area contributed by atoms with Gasteiger partial charge in [-0.25, -0.2) is 22.0 Å². The summed E-state index contributed by atoms with van der Waals surface area (Å²) in [5.74, 6) is -9.81. The first-order valence-corrected chi connectivity index (χ1v) is 5.22. The zero-order valence-electron chi connectivity index (χ0n) is 9.48. The zero-order chi connectivity index (χ0) is 14.2. The molecule has 0 N–H and O–H groups in total. The molecule has 0 radical (unpaired) electrons. The van der Waals surface area contributed by atoms with Crippen molar-refractivity contribution in [3.8, 4) is 11.1 Å². The van der Waals surface area contributed by atoms with Gasteiger partial charge in [0.2, 0.25) is 5.82 Å². The molecule has 0 aromatic heterocycles. The summed E-state index contributed by atoms with van der Waals surface area (Å²) in [5, 5.41) is 0. The summed E-state index contributed by atoms with van der Waals surface area (Å²) in [4.78, 5) is 0. The smallest absolute Gasteiger partial charge is 0.200 e. The minimum absolute atomic E-state index is 0.106. The van der Waals surface area contributed by atoms with E-state index in [1.807, 2.05) is 0 Å². The molecule has 0 spiro atoms. The summed E-state index contributed by atoms with van der Waals surface area (Å²) in [5.41, 5.74) is -0.789. The van der Waals surface area contributed by atoms with E-state index >= 15 is 0 Å². The SMILES string of the molecule is C=Cc1ccccc1-c1c(F)c(F)c(F)c(F)c1F. The Morgan fingerprint density at radius 1 is 0.737 bits per heavy atom. The summed E-state index contributed by atoms with van der Waals surface area (Å²) in [7, 11) is 0. The molecule has 0 bridgehead atoms. The van der Waals surface area contributed by atoms with Crippen LogP contribution in [0, 0.1) is 29.1 Å². The first-order valence-electron chi connectivity index (χ1n) is 5.22. The maximum absolute atomic E-state index is 13.6. The zero-order valence-corrected chi connectivity index (χ0v) is 9.48. The second-order valence-corrected chi connectivity index (χ2v) is 3.74. The van der Waals surface area contributed by atoms with E-state index in [9.17, 15) is 22.0 Å². The van der Waals surface area contributed by atoms with Crippen molar-refractivity contribution in [2.75, 3.05) is 0 Å². The van der Waals surface area contributed by atoms with Crippen LogP contribution in [0.15, 0.2) is 30.8 Å². The number of hydrogen-bond acceptors (Lipinski definition) is 0. The normalized spacial score (nSPS) is 10.6. The molecule has 0 nitrogen and oxygen atoms in total. The van der Waals surface area contributed by atoms with E-state index in [1.165, 1.54) is 24.3 Å². The molecule has 98 valence electrons. The fourth-order valence-electron chi connectivity index (χ4n) is 1.74. The summed E-state index contributed by atoms with van der Waals surface area (Å²) >= 11 is 0. The van der Waals surface area contributed by atoms with Crippen LogP contribution in [-0.4, -0.2) is 0 Å². The first-order chi connectivity index (χ1) is 8.99. The fraction of sp³-hybridized carbons (Fsp3) is 0.